The van der Waals surface area contributed by atoms with Crippen molar-refractivity contribution in [3.63, 3.8) is 0 Å². The fourth-order valence-corrected chi connectivity index (χ4v) is 1.78. The van der Waals surface area contributed by atoms with Crippen molar-refractivity contribution in [1.29, 1.82) is 0 Å². The van der Waals surface area contributed by atoms with Crippen LogP contribution < -0.4 is 4.74 Å². The summed E-state index contributed by atoms with van der Waals surface area (Å²) >= 11 is 0. The molecule has 1 nitrogen and oxygen atoms in total. The highest BCUT2D eigenvalue weighted by molar-refractivity contribution is 5.27. The second-order valence-electron chi connectivity index (χ2n) is 4.49. The van der Waals surface area contributed by atoms with Gasteiger partial charge in [-0.3, -0.25) is 0 Å². The Labute approximate surface area is 108 Å². The van der Waals surface area contributed by atoms with Crippen molar-refractivity contribution in [1.82, 2.24) is 0 Å². The molecule has 0 aliphatic carbocycles. The van der Waals surface area contributed by atoms with Crippen molar-refractivity contribution in [2.75, 3.05) is 6.61 Å². The molecule has 0 amide bonds. The van der Waals surface area contributed by atoms with E-state index in [0.717, 1.165) is 6.42 Å². The van der Waals surface area contributed by atoms with Gasteiger partial charge in [0, 0.05) is 5.56 Å². The Balaban J connectivity index is 2.12. The normalized spacial score (nSPS) is 10.9. The smallest absolute Gasteiger partial charge is 0.263 e. The first-order chi connectivity index (χ1) is 8.74. The summed E-state index contributed by atoms with van der Waals surface area (Å²) in [5.41, 5.74) is 0.0434. The molecular weight excluding hydrogens is 234 g/mol. The lowest BCUT2D eigenvalue weighted by Crippen LogP contribution is -1.97. The van der Waals surface area contributed by atoms with Crippen molar-refractivity contribution in [2.24, 2.45) is 0 Å². The Hall–Kier alpha value is -1.12. The van der Waals surface area contributed by atoms with Gasteiger partial charge in [0.1, 0.15) is 5.75 Å². The molecule has 0 atom stereocenters. The summed E-state index contributed by atoms with van der Waals surface area (Å²) < 4.78 is 30.1. The number of unbranched alkanes of at least 4 members (excludes halogenated alkanes) is 5. The Bertz CT molecular complexity index is 309. The minimum atomic E-state index is -2.40. The Morgan fingerprint density at radius 3 is 2.17 bits per heavy atom. The molecule has 102 valence electrons. The molecular formula is C15H22F2O. The molecule has 0 fully saturated rings. The minimum Gasteiger partial charge on any atom is -0.494 e. The zero-order valence-electron chi connectivity index (χ0n) is 11.0. The van der Waals surface area contributed by atoms with E-state index < -0.39 is 6.43 Å². The largest absolute Gasteiger partial charge is 0.494 e. The lowest BCUT2D eigenvalue weighted by Gasteiger charge is -2.07. The molecule has 0 N–H and O–H groups in total. The van der Waals surface area contributed by atoms with Gasteiger partial charge in [0.05, 0.1) is 6.61 Å². The predicted octanol–water partition coefficient (Wildman–Crippen LogP) is 5.36. The molecule has 0 bridgehead atoms. The third kappa shape index (κ3) is 5.99. The highest BCUT2D eigenvalue weighted by atomic mass is 19.3. The lowest BCUT2D eigenvalue weighted by molar-refractivity contribution is 0.151. The third-order valence-electron chi connectivity index (χ3n) is 2.90. The van der Waals surface area contributed by atoms with Crippen LogP contribution >= 0.6 is 0 Å². The Kier molecular flexibility index (Phi) is 7.38. The van der Waals surface area contributed by atoms with Gasteiger partial charge >= 0.3 is 0 Å². The molecule has 0 saturated heterocycles. The van der Waals surface area contributed by atoms with Gasteiger partial charge in [-0.2, -0.15) is 0 Å². The second kappa shape index (κ2) is 8.90. The molecule has 0 aliphatic rings. The average molecular weight is 256 g/mol. The van der Waals surface area contributed by atoms with Crippen LogP contribution in [0.2, 0.25) is 0 Å². The standard InChI is InChI=1S/C15H22F2O/c1-2-3-4-5-6-7-12-18-14-10-8-13(9-11-14)15(16)17/h8-11,15H,2-7,12H2,1H3. The number of hydrogen-bond donors (Lipinski definition) is 0. The maximum atomic E-state index is 12.3. The first kappa shape index (κ1) is 14.9. The fourth-order valence-electron chi connectivity index (χ4n) is 1.78. The summed E-state index contributed by atoms with van der Waals surface area (Å²) in [7, 11) is 0. The van der Waals surface area contributed by atoms with Crippen LogP contribution in [0.15, 0.2) is 24.3 Å². The van der Waals surface area contributed by atoms with E-state index in [0.29, 0.717) is 12.4 Å². The number of halogens is 2. The highest BCUT2D eigenvalue weighted by Crippen LogP contribution is 2.21. The van der Waals surface area contributed by atoms with E-state index in [4.69, 9.17) is 4.74 Å². The van der Waals surface area contributed by atoms with Crippen LogP contribution in [-0.2, 0) is 0 Å². The second-order valence-corrected chi connectivity index (χ2v) is 4.49. The topological polar surface area (TPSA) is 9.23 Å². The Morgan fingerprint density at radius 1 is 0.944 bits per heavy atom. The fraction of sp³-hybridized carbons (Fsp3) is 0.600. The molecule has 18 heavy (non-hydrogen) atoms. The quantitative estimate of drug-likeness (QED) is 0.540. The summed E-state index contributed by atoms with van der Waals surface area (Å²) in [5, 5.41) is 0. The molecule has 0 radical (unpaired) electrons. The van der Waals surface area contributed by atoms with Crippen LogP contribution in [0.4, 0.5) is 8.78 Å². The lowest BCUT2D eigenvalue weighted by atomic mass is 10.1. The molecule has 1 aromatic rings. The predicted molar refractivity (Wildman–Crippen MR) is 70.3 cm³/mol. The summed E-state index contributed by atoms with van der Waals surface area (Å²) in [6.07, 6.45) is 4.90. The van der Waals surface area contributed by atoms with E-state index in [1.54, 1.807) is 12.1 Å². The van der Waals surface area contributed by atoms with Crippen LogP contribution in [0.25, 0.3) is 0 Å². The van der Waals surface area contributed by atoms with Gasteiger partial charge in [0.2, 0.25) is 0 Å². The van der Waals surface area contributed by atoms with Gasteiger partial charge in [-0.05, 0) is 30.7 Å². The monoisotopic (exact) mass is 256 g/mol. The maximum absolute atomic E-state index is 12.3. The van der Waals surface area contributed by atoms with E-state index in [1.165, 1.54) is 44.2 Å². The molecule has 1 rings (SSSR count). The van der Waals surface area contributed by atoms with Crippen molar-refractivity contribution in [3.05, 3.63) is 29.8 Å². The van der Waals surface area contributed by atoms with Crippen LogP contribution in [0.5, 0.6) is 5.75 Å². The van der Waals surface area contributed by atoms with Crippen LogP contribution in [0, 0.1) is 0 Å². The molecule has 0 saturated carbocycles. The van der Waals surface area contributed by atoms with E-state index in [9.17, 15) is 8.78 Å². The molecule has 0 unspecified atom stereocenters. The first-order valence-electron chi connectivity index (χ1n) is 6.75. The van der Waals surface area contributed by atoms with Crippen molar-refractivity contribution in [3.8, 4) is 5.75 Å². The van der Waals surface area contributed by atoms with Gasteiger partial charge in [0.25, 0.3) is 6.43 Å². The Morgan fingerprint density at radius 2 is 1.56 bits per heavy atom. The van der Waals surface area contributed by atoms with E-state index >= 15 is 0 Å². The molecule has 1 aromatic carbocycles. The first-order valence-corrected chi connectivity index (χ1v) is 6.75. The summed E-state index contributed by atoms with van der Waals surface area (Å²) in [6.45, 7) is 2.87. The van der Waals surface area contributed by atoms with Crippen LogP contribution in [-0.4, -0.2) is 6.61 Å². The van der Waals surface area contributed by atoms with Gasteiger partial charge < -0.3 is 4.74 Å². The van der Waals surface area contributed by atoms with Crippen molar-refractivity contribution in [2.45, 2.75) is 51.9 Å². The van der Waals surface area contributed by atoms with Crippen LogP contribution in [0.1, 0.15) is 57.4 Å². The molecule has 0 spiro atoms. The number of alkyl halides is 2. The average Bonchev–Trinajstić information content (AvgIpc) is 2.38. The van der Waals surface area contributed by atoms with E-state index in [2.05, 4.69) is 6.92 Å². The molecule has 0 aliphatic heterocycles. The zero-order chi connectivity index (χ0) is 13.2. The van der Waals surface area contributed by atoms with Gasteiger partial charge in [0.15, 0.2) is 0 Å². The zero-order valence-corrected chi connectivity index (χ0v) is 11.0. The van der Waals surface area contributed by atoms with E-state index in [1.807, 2.05) is 0 Å². The van der Waals surface area contributed by atoms with Gasteiger partial charge in [-0.15, -0.1) is 0 Å². The van der Waals surface area contributed by atoms with Crippen molar-refractivity contribution < 1.29 is 13.5 Å². The third-order valence-corrected chi connectivity index (χ3v) is 2.90. The highest BCUT2D eigenvalue weighted by Gasteiger charge is 2.05. The summed E-state index contributed by atoms with van der Waals surface area (Å²) in [5.74, 6) is 0.674. The molecule has 0 aromatic heterocycles. The van der Waals surface area contributed by atoms with Crippen molar-refractivity contribution >= 4 is 0 Å². The maximum Gasteiger partial charge on any atom is 0.263 e. The number of hydrogen-bond acceptors (Lipinski definition) is 1. The number of ether oxygens (including phenoxy) is 1. The number of benzene rings is 1. The summed E-state index contributed by atoms with van der Waals surface area (Å²) in [4.78, 5) is 0. The van der Waals surface area contributed by atoms with E-state index in [-0.39, 0.29) is 5.56 Å². The molecule has 0 heterocycles. The summed E-state index contributed by atoms with van der Waals surface area (Å²) in [6, 6.07) is 6.06. The van der Waals surface area contributed by atoms with Gasteiger partial charge in [-0.1, -0.05) is 39.0 Å². The SMILES string of the molecule is CCCCCCCCOc1ccc(C(F)F)cc1. The molecule has 3 heteroatoms. The van der Waals surface area contributed by atoms with Crippen LogP contribution in [0.3, 0.4) is 0 Å². The number of rotatable bonds is 9. The minimum absolute atomic E-state index is 0.0434. The van der Waals surface area contributed by atoms with Gasteiger partial charge in [-0.25, -0.2) is 8.78 Å².